The number of benzene rings is 2. The van der Waals surface area contributed by atoms with Crippen molar-refractivity contribution in [1.82, 2.24) is 19.9 Å². The second kappa shape index (κ2) is 10.7. The number of H-pyrrole nitrogens is 1. The van der Waals surface area contributed by atoms with Gasteiger partial charge in [0, 0.05) is 64.7 Å². The Morgan fingerprint density at radius 2 is 1.76 bits per heavy atom. The van der Waals surface area contributed by atoms with Gasteiger partial charge in [0.25, 0.3) is 5.91 Å². The number of amides is 1. The van der Waals surface area contributed by atoms with Crippen LogP contribution < -0.4 is 4.18 Å². The number of morpholine rings is 1. The van der Waals surface area contributed by atoms with Crippen LogP contribution in [0.5, 0.6) is 5.75 Å². The molecule has 0 atom stereocenters. The number of aromatic amines is 1. The summed E-state index contributed by atoms with van der Waals surface area (Å²) in [5.41, 5.74) is 5.61. The Morgan fingerprint density at radius 1 is 0.976 bits per heavy atom. The van der Waals surface area contributed by atoms with Gasteiger partial charge >= 0.3 is 10.1 Å². The quantitative estimate of drug-likeness (QED) is 0.244. The molecule has 0 aliphatic carbocycles. The zero-order valence-corrected chi connectivity index (χ0v) is 23.8. The number of hydrogen-bond donors (Lipinski definition) is 1. The predicted octanol–water partition coefficient (Wildman–Crippen LogP) is 5.75. The highest BCUT2D eigenvalue weighted by Crippen LogP contribution is 2.41. The number of thiophene rings is 1. The Morgan fingerprint density at radius 3 is 2.50 bits per heavy atom. The number of fused-ring (bicyclic) bond motifs is 3. The molecule has 0 bridgehead atoms. The second-order valence-electron chi connectivity index (χ2n) is 9.79. The highest BCUT2D eigenvalue weighted by atomic mass is 32.3. The van der Waals surface area contributed by atoms with Gasteiger partial charge in [-0.15, -0.1) is 11.3 Å². The summed E-state index contributed by atoms with van der Waals surface area (Å²) in [5, 5.41) is 3.28. The van der Waals surface area contributed by atoms with E-state index in [1.165, 1.54) is 6.07 Å². The number of ether oxygens (including phenoxy) is 1. The van der Waals surface area contributed by atoms with Crippen molar-refractivity contribution in [2.75, 3.05) is 26.3 Å². The van der Waals surface area contributed by atoms with E-state index in [1.54, 1.807) is 46.9 Å². The Kier molecular flexibility index (Phi) is 6.69. The van der Waals surface area contributed by atoms with E-state index >= 15 is 0 Å². The van der Waals surface area contributed by atoms with E-state index < -0.39 is 10.1 Å². The molecule has 0 unspecified atom stereocenters. The maximum Gasteiger partial charge on any atom is 0.348 e. The molecule has 0 saturated carbocycles. The van der Waals surface area contributed by atoms with Crippen molar-refractivity contribution in [2.24, 2.45) is 0 Å². The lowest BCUT2D eigenvalue weighted by Crippen LogP contribution is -2.40. The number of aromatic nitrogens is 3. The van der Waals surface area contributed by atoms with Crippen LogP contribution in [-0.4, -0.2) is 60.5 Å². The first-order valence-corrected chi connectivity index (χ1v) is 15.6. The fourth-order valence-electron chi connectivity index (χ4n) is 5.24. The van der Waals surface area contributed by atoms with Crippen LogP contribution in [0.3, 0.4) is 0 Å². The molecular formula is C31H24N4O5S2. The minimum absolute atomic E-state index is 0.0190. The van der Waals surface area contributed by atoms with Gasteiger partial charge < -0.3 is 18.8 Å². The molecule has 4 aromatic heterocycles. The lowest BCUT2D eigenvalue weighted by atomic mass is 9.93. The molecule has 7 rings (SSSR count). The van der Waals surface area contributed by atoms with E-state index in [4.69, 9.17) is 13.9 Å². The van der Waals surface area contributed by atoms with Crippen LogP contribution in [-0.2, 0) is 14.9 Å². The molecule has 5 heterocycles. The number of carbonyl (C=O) groups is 1. The molecule has 1 saturated heterocycles. The molecule has 1 N–H and O–H groups in total. The van der Waals surface area contributed by atoms with Crippen molar-refractivity contribution in [2.45, 2.75) is 4.21 Å². The maximum atomic E-state index is 13.0. The van der Waals surface area contributed by atoms with Gasteiger partial charge in [0.05, 0.1) is 13.2 Å². The van der Waals surface area contributed by atoms with Crippen molar-refractivity contribution in [3.05, 3.63) is 96.3 Å². The van der Waals surface area contributed by atoms with E-state index in [0.29, 0.717) is 37.5 Å². The summed E-state index contributed by atoms with van der Waals surface area (Å²) in [6.07, 6.45) is 5.27. The first-order valence-electron chi connectivity index (χ1n) is 13.3. The summed E-state index contributed by atoms with van der Waals surface area (Å²) in [6, 6.07) is 19.7. The lowest BCUT2D eigenvalue weighted by Gasteiger charge is -2.26. The number of hydrogen-bond acceptors (Lipinski definition) is 8. The summed E-state index contributed by atoms with van der Waals surface area (Å²) in [6.45, 7) is 2.24. The van der Waals surface area contributed by atoms with Gasteiger partial charge in [0.2, 0.25) is 0 Å². The molecule has 210 valence electrons. The highest BCUT2D eigenvalue weighted by molar-refractivity contribution is 7.89. The van der Waals surface area contributed by atoms with E-state index in [1.807, 2.05) is 42.6 Å². The zero-order chi connectivity index (χ0) is 28.7. The molecule has 42 heavy (non-hydrogen) atoms. The van der Waals surface area contributed by atoms with Crippen LogP contribution in [0.1, 0.15) is 10.4 Å². The molecule has 0 spiro atoms. The number of nitrogens with zero attached hydrogens (tertiary/aromatic N) is 3. The Bertz CT molecular complexity index is 2020. The van der Waals surface area contributed by atoms with Crippen molar-refractivity contribution >= 4 is 49.3 Å². The van der Waals surface area contributed by atoms with Gasteiger partial charge in [0.15, 0.2) is 4.21 Å². The van der Waals surface area contributed by atoms with E-state index in [9.17, 15) is 13.2 Å². The molecule has 1 fully saturated rings. The molecule has 2 aromatic carbocycles. The minimum atomic E-state index is -3.96. The Balaban J connectivity index is 1.35. The zero-order valence-electron chi connectivity index (χ0n) is 22.2. The molecule has 11 heteroatoms. The summed E-state index contributed by atoms with van der Waals surface area (Å²) in [4.78, 5) is 27.1. The van der Waals surface area contributed by atoms with Crippen molar-refractivity contribution < 1.29 is 22.1 Å². The molecule has 9 nitrogen and oxygen atoms in total. The number of rotatable bonds is 6. The third kappa shape index (κ3) is 4.81. The van der Waals surface area contributed by atoms with Crippen LogP contribution in [0.25, 0.3) is 44.2 Å². The SMILES string of the molecule is O=C(c1ccc(-c2cnc3[nH]c4ccc(OS(=O)(=O)c5cccs5)cc4c3c2-c2ccncc2)cc1)N1CCOCC1. The van der Waals surface area contributed by atoms with Gasteiger partial charge in [-0.05, 0) is 65.0 Å². The van der Waals surface area contributed by atoms with Crippen LogP contribution >= 0.6 is 11.3 Å². The molecular weight excluding hydrogens is 572 g/mol. The number of nitrogens with one attached hydrogen (secondary N) is 1. The number of pyridine rings is 2. The molecule has 1 aliphatic rings. The Labute approximate surface area is 245 Å². The topological polar surface area (TPSA) is 114 Å². The predicted molar refractivity (Wildman–Crippen MR) is 161 cm³/mol. The first kappa shape index (κ1) is 26.3. The van der Waals surface area contributed by atoms with Crippen molar-refractivity contribution in [3.8, 4) is 28.0 Å². The summed E-state index contributed by atoms with van der Waals surface area (Å²) in [5.74, 6) is 0.184. The Hall–Kier alpha value is -4.58. The van der Waals surface area contributed by atoms with Crippen molar-refractivity contribution in [1.29, 1.82) is 0 Å². The van der Waals surface area contributed by atoms with E-state index in [-0.39, 0.29) is 15.9 Å². The van der Waals surface area contributed by atoms with Gasteiger partial charge in [0.1, 0.15) is 11.4 Å². The second-order valence-corrected chi connectivity index (χ2v) is 12.5. The van der Waals surface area contributed by atoms with Gasteiger partial charge in [-0.3, -0.25) is 9.78 Å². The normalized spacial score (nSPS) is 14.0. The minimum Gasteiger partial charge on any atom is -0.378 e. The number of carbonyl (C=O) groups excluding carboxylic acids is 1. The van der Waals surface area contributed by atoms with E-state index in [2.05, 4.69) is 9.97 Å². The lowest BCUT2D eigenvalue weighted by molar-refractivity contribution is 0.0303. The average Bonchev–Trinajstić information content (AvgIpc) is 3.70. The van der Waals surface area contributed by atoms with Gasteiger partial charge in [-0.25, -0.2) is 4.98 Å². The third-order valence-electron chi connectivity index (χ3n) is 7.25. The summed E-state index contributed by atoms with van der Waals surface area (Å²) in [7, 11) is -3.96. The smallest absolute Gasteiger partial charge is 0.348 e. The van der Waals surface area contributed by atoms with Crippen LogP contribution in [0, 0.1) is 0 Å². The first-order chi connectivity index (χ1) is 20.5. The standard InChI is InChI=1S/C31H24N4O5S2/c36-31(35-13-15-39-16-14-35)22-5-3-20(4-6-22)25-19-33-30-29(28(25)21-9-11-32-12-10-21)24-18-23(7-8-26(24)34-30)40-42(37,38)27-2-1-17-41-27/h1-12,17-19H,13-16H2,(H,33,34). The monoisotopic (exact) mass is 596 g/mol. The van der Waals surface area contributed by atoms with Gasteiger partial charge in [-0.1, -0.05) is 18.2 Å². The highest BCUT2D eigenvalue weighted by Gasteiger charge is 2.22. The maximum absolute atomic E-state index is 13.0. The van der Waals surface area contributed by atoms with Gasteiger partial charge in [-0.2, -0.15) is 8.42 Å². The average molecular weight is 597 g/mol. The van der Waals surface area contributed by atoms with Crippen LogP contribution in [0.4, 0.5) is 0 Å². The third-order valence-corrected chi connectivity index (χ3v) is 9.85. The summed E-state index contributed by atoms with van der Waals surface area (Å²) < 4.78 is 36.7. The fourth-order valence-corrected chi connectivity index (χ4v) is 7.11. The summed E-state index contributed by atoms with van der Waals surface area (Å²) >= 11 is 1.10. The molecule has 1 amide bonds. The van der Waals surface area contributed by atoms with Crippen molar-refractivity contribution in [3.63, 3.8) is 0 Å². The largest absolute Gasteiger partial charge is 0.378 e. The van der Waals surface area contributed by atoms with Crippen LogP contribution in [0.2, 0.25) is 0 Å². The molecule has 0 radical (unpaired) electrons. The van der Waals surface area contributed by atoms with Crippen LogP contribution in [0.15, 0.2) is 94.9 Å². The molecule has 6 aromatic rings. The molecule has 1 aliphatic heterocycles. The van der Waals surface area contributed by atoms with E-state index in [0.717, 1.165) is 49.9 Å². The fraction of sp³-hybridized carbons (Fsp3) is 0.129.